The zero-order valence-electron chi connectivity index (χ0n) is 19.3. The molecule has 2 unspecified atom stereocenters. The Labute approximate surface area is 179 Å². The fraction of sp³-hybridized carbons (Fsp3) is 0.520. The molecular formula is C25H38NO2P. The fourth-order valence-electron chi connectivity index (χ4n) is 3.75. The highest BCUT2D eigenvalue weighted by molar-refractivity contribution is 7.48. The van der Waals surface area contributed by atoms with Crippen LogP contribution in [0.3, 0.4) is 0 Å². The summed E-state index contributed by atoms with van der Waals surface area (Å²) in [6.45, 7) is 17.0. The lowest BCUT2D eigenvalue weighted by atomic mass is 9.94. The Morgan fingerprint density at radius 2 is 1.62 bits per heavy atom. The number of ether oxygens (including phenoxy) is 2. The molecule has 3 nitrogen and oxygen atoms in total. The minimum Gasteiger partial charge on any atom is -0.467 e. The van der Waals surface area contributed by atoms with Crippen LogP contribution in [0.1, 0.15) is 56.4 Å². The van der Waals surface area contributed by atoms with Crippen molar-refractivity contribution in [3.63, 3.8) is 0 Å². The van der Waals surface area contributed by atoms with Gasteiger partial charge in [0.2, 0.25) is 0 Å². The van der Waals surface area contributed by atoms with Crippen LogP contribution in [0.4, 0.5) is 0 Å². The highest BCUT2D eigenvalue weighted by Crippen LogP contribution is 2.48. The summed E-state index contributed by atoms with van der Waals surface area (Å²) in [7, 11) is 2.35. The normalized spacial score (nSPS) is 13.9. The Kier molecular flexibility index (Phi) is 9.14. The Bertz CT molecular complexity index is 788. The van der Waals surface area contributed by atoms with Crippen LogP contribution in [0, 0.1) is 13.8 Å². The average Bonchev–Trinajstić information content (AvgIpc) is 2.73. The third-order valence-corrected chi connectivity index (χ3v) is 8.02. The summed E-state index contributed by atoms with van der Waals surface area (Å²) >= 11 is 0. The molecule has 2 aromatic rings. The summed E-state index contributed by atoms with van der Waals surface area (Å²) in [5.41, 5.74) is 5.29. The summed E-state index contributed by atoms with van der Waals surface area (Å²) in [5.74, 6) is 0.977. The summed E-state index contributed by atoms with van der Waals surface area (Å²) in [6, 6.07) is 13.3. The molecule has 0 radical (unpaired) electrons. The van der Waals surface area contributed by atoms with Gasteiger partial charge in [0, 0.05) is 24.4 Å². The lowest BCUT2D eigenvalue weighted by molar-refractivity contribution is 0.0495. The van der Waals surface area contributed by atoms with E-state index in [2.05, 4.69) is 82.8 Å². The molecule has 2 atom stereocenters. The van der Waals surface area contributed by atoms with Crippen molar-refractivity contribution in [3.05, 3.63) is 58.7 Å². The van der Waals surface area contributed by atoms with Crippen LogP contribution in [0.15, 0.2) is 36.4 Å². The molecule has 0 saturated heterocycles. The van der Waals surface area contributed by atoms with E-state index < -0.39 is 0 Å². The van der Waals surface area contributed by atoms with Gasteiger partial charge in [0.15, 0.2) is 6.79 Å². The topological polar surface area (TPSA) is 21.7 Å². The third kappa shape index (κ3) is 5.81. The number of para-hydroxylation sites is 1. The van der Waals surface area contributed by atoms with E-state index in [1.165, 1.54) is 22.0 Å². The van der Waals surface area contributed by atoms with E-state index in [0.717, 1.165) is 37.4 Å². The van der Waals surface area contributed by atoms with Crippen LogP contribution in [0.25, 0.3) is 0 Å². The van der Waals surface area contributed by atoms with Gasteiger partial charge < -0.3 is 9.47 Å². The number of hydrogen-bond acceptors (Lipinski definition) is 3. The molecule has 2 aromatic carbocycles. The largest absolute Gasteiger partial charge is 0.467 e. The molecule has 0 N–H and O–H groups in total. The third-order valence-electron chi connectivity index (χ3n) is 5.88. The molecule has 29 heavy (non-hydrogen) atoms. The molecule has 0 aliphatic rings. The van der Waals surface area contributed by atoms with Crippen molar-refractivity contribution >= 4 is 13.9 Å². The predicted octanol–water partition coefficient (Wildman–Crippen LogP) is 5.76. The molecule has 4 heteroatoms. The zero-order valence-corrected chi connectivity index (χ0v) is 20.3. The minimum absolute atomic E-state index is 0.0131. The fourth-order valence-corrected chi connectivity index (χ4v) is 5.41. The van der Waals surface area contributed by atoms with Gasteiger partial charge >= 0.3 is 0 Å². The SMILES string of the molecule is CCN(CC)Cc1cccc(C)c1PC(C)(CC)c1cccc(C)c1OCOC. The molecular weight excluding hydrogens is 377 g/mol. The Balaban J connectivity index is 2.48. The summed E-state index contributed by atoms with van der Waals surface area (Å²) in [6.07, 6.45) is 1.05. The maximum absolute atomic E-state index is 6.04. The smallest absolute Gasteiger partial charge is 0.188 e. The highest BCUT2D eigenvalue weighted by atomic mass is 31.1. The lowest BCUT2D eigenvalue weighted by Crippen LogP contribution is -2.27. The Morgan fingerprint density at radius 3 is 2.24 bits per heavy atom. The first-order valence-corrected chi connectivity index (χ1v) is 11.7. The number of rotatable bonds is 11. The summed E-state index contributed by atoms with van der Waals surface area (Å²) < 4.78 is 11.2. The van der Waals surface area contributed by atoms with Crippen molar-refractivity contribution in [2.75, 3.05) is 27.0 Å². The molecule has 0 aliphatic heterocycles. The predicted molar refractivity (Wildman–Crippen MR) is 127 cm³/mol. The van der Waals surface area contributed by atoms with E-state index in [4.69, 9.17) is 9.47 Å². The monoisotopic (exact) mass is 415 g/mol. The molecule has 0 amide bonds. The van der Waals surface area contributed by atoms with Crippen molar-refractivity contribution in [2.24, 2.45) is 0 Å². The van der Waals surface area contributed by atoms with Crippen LogP contribution in [-0.4, -0.2) is 31.9 Å². The van der Waals surface area contributed by atoms with Crippen LogP contribution >= 0.6 is 8.58 Å². The van der Waals surface area contributed by atoms with Crippen molar-refractivity contribution in [3.8, 4) is 5.75 Å². The maximum atomic E-state index is 6.04. The van der Waals surface area contributed by atoms with Gasteiger partial charge in [-0.05, 0) is 55.4 Å². The van der Waals surface area contributed by atoms with Gasteiger partial charge in [-0.3, -0.25) is 4.90 Å². The van der Waals surface area contributed by atoms with Crippen LogP contribution in [0.5, 0.6) is 5.75 Å². The molecule has 0 aromatic heterocycles. The van der Waals surface area contributed by atoms with E-state index in [1.807, 2.05) is 0 Å². The molecule has 160 valence electrons. The first-order chi connectivity index (χ1) is 13.9. The van der Waals surface area contributed by atoms with E-state index in [9.17, 15) is 0 Å². The molecule has 0 saturated carbocycles. The number of hydrogen-bond donors (Lipinski definition) is 0. The van der Waals surface area contributed by atoms with Crippen molar-refractivity contribution in [1.82, 2.24) is 4.90 Å². The first-order valence-electron chi connectivity index (χ1n) is 10.7. The van der Waals surface area contributed by atoms with Gasteiger partial charge in [0.05, 0.1) is 0 Å². The van der Waals surface area contributed by atoms with Crippen molar-refractivity contribution in [1.29, 1.82) is 0 Å². The Morgan fingerprint density at radius 1 is 0.966 bits per heavy atom. The highest BCUT2D eigenvalue weighted by Gasteiger charge is 2.30. The molecule has 0 spiro atoms. The molecule has 0 fully saturated rings. The van der Waals surface area contributed by atoms with Crippen LogP contribution in [0.2, 0.25) is 0 Å². The van der Waals surface area contributed by atoms with Crippen LogP contribution < -0.4 is 10.0 Å². The Hall–Kier alpha value is -1.41. The lowest BCUT2D eigenvalue weighted by Gasteiger charge is -2.33. The molecule has 0 aliphatic carbocycles. The minimum atomic E-state index is 0.0131. The van der Waals surface area contributed by atoms with E-state index >= 15 is 0 Å². The second-order valence-electron chi connectivity index (χ2n) is 7.88. The number of methoxy groups -OCH3 is 1. The number of aryl methyl sites for hydroxylation is 2. The quantitative estimate of drug-likeness (QED) is 0.344. The van der Waals surface area contributed by atoms with E-state index in [1.54, 1.807) is 7.11 Å². The maximum Gasteiger partial charge on any atom is 0.188 e. The standard InChI is InChI=1S/C25H38NO2P/c1-8-25(6,22-16-12-13-19(4)23(22)28-18-27-7)29-24-20(5)14-11-15-21(24)17-26(9-2)10-3/h11-16,29H,8-10,17-18H2,1-7H3. The van der Waals surface area contributed by atoms with Crippen molar-refractivity contribution in [2.45, 2.75) is 59.7 Å². The second-order valence-corrected chi connectivity index (χ2v) is 9.74. The van der Waals surface area contributed by atoms with Gasteiger partial charge in [-0.25, -0.2) is 0 Å². The van der Waals surface area contributed by atoms with Gasteiger partial charge in [-0.2, -0.15) is 0 Å². The molecule has 0 bridgehead atoms. The number of nitrogens with zero attached hydrogens (tertiary/aromatic N) is 1. The first kappa shape index (κ1) is 23.9. The van der Waals surface area contributed by atoms with Gasteiger partial charge in [-0.1, -0.05) is 72.7 Å². The summed E-state index contributed by atoms with van der Waals surface area (Å²) in [5, 5.41) is 1.52. The molecule has 2 rings (SSSR count). The van der Waals surface area contributed by atoms with Gasteiger partial charge in [-0.15, -0.1) is 0 Å². The zero-order chi connectivity index (χ0) is 21.4. The summed E-state index contributed by atoms with van der Waals surface area (Å²) in [4.78, 5) is 2.49. The second kappa shape index (κ2) is 11.1. The van der Waals surface area contributed by atoms with Gasteiger partial charge in [0.1, 0.15) is 5.75 Å². The van der Waals surface area contributed by atoms with Crippen molar-refractivity contribution < 1.29 is 9.47 Å². The van der Waals surface area contributed by atoms with Gasteiger partial charge in [0.25, 0.3) is 0 Å². The van der Waals surface area contributed by atoms with E-state index in [0.29, 0.717) is 8.58 Å². The number of benzene rings is 2. The van der Waals surface area contributed by atoms with Crippen LogP contribution in [-0.2, 0) is 16.4 Å². The van der Waals surface area contributed by atoms with E-state index in [-0.39, 0.29) is 11.9 Å². The average molecular weight is 416 g/mol. The molecule has 0 heterocycles.